The molecule has 0 saturated heterocycles. The van der Waals surface area contributed by atoms with Crippen molar-refractivity contribution in [3.8, 4) is 0 Å². The number of carbonyl (C=O) groups excluding carboxylic acids is 1. The molecule has 0 spiro atoms. The van der Waals surface area contributed by atoms with Crippen LogP contribution in [0.5, 0.6) is 0 Å². The van der Waals surface area contributed by atoms with E-state index in [2.05, 4.69) is 24.5 Å². The summed E-state index contributed by atoms with van der Waals surface area (Å²) < 4.78 is 5.43. The molecule has 0 unspecified atom stereocenters. The minimum atomic E-state index is -0.862. The Morgan fingerprint density at radius 3 is 2.52 bits per heavy atom. The molecular formula is C15H28N2O4. The fourth-order valence-electron chi connectivity index (χ4n) is 2.67. The van der Waals surface area contributed by atoms with Crippen LogP contribution in [0.25, 0.3) is 0 Å². The highest BCUT2D eigenvalue weighted by molar-refractivity contribution is 5.76. The molecule has 0 bridgehead atoms. The lowest BCUT2D eigenvalue weighted by molar-refractivity contribution is -0.138. The topological polar surface area (TPSA) is 87.7 Å². The SMILES string of the molecule is CC(C)COCCCNC(=O)NC1(CC(=O)O)CCCC1. The highest BCUT2D eigenvalue weighted by atomic mass is 16.5. The molecule has 0 radical (unpaired) electrons. The molecular weight excluding hydrogens is 272 g/mol. The number of carboxylic acid groups (broad SMARTS) is 1. The van der Waals surface area contributed by atoms with Gasteiger partial charge in [-0.1, -0.05) is 26.7 Å². The van der Waals surface area contributed by atoms with Gasteiger partial charge in [0.25, 0.3) is 0 Å². The van der Waals surface area contributed by atoms with Crippen molar-refractivity contribution in [2.24, 2.45) is 5.92 Å². The molecule has 0 heterocycles. The predicted octanol–water partition coefficient (Wildman–Crippen LogP) is 2.14. The van der Waals surface area contributed by atoms with E-state index in [4.69, 9.17) is 9.84 Å². The molecule has 1 rings (SSSR count). The van der Waals surface area contributed by atoms with Gasteiger partial charge in [0, 0.05) is 19.8 Å². The summed E-state index contributed by atoms with van der Waals surface area (Å²) in [6.07, 6.45) is 4.17. The summed E-state index contributed by atoms with van der Waals surface area (Å²) in [4.78, 5) is 22.8. The molecule has 0 aromatic heterocycles. The Hall–Kier alpha value is -1.30. The van der Waals surface area contributed by atoms with Gasteiger partial charge in [-0.2, -0.15) is 0 Å². The van der Waals surface area contributed by atoms with Crippen LogP contribution in [0.15, 0.2) is 0 Å². The summed E-state index contributed by atoms with van der Waals surface area (Å²) in [7, 11) is 0. The van der Waals surface area contributed by atoms with Gasteiger partial charge < -0.3 is 20.5 Å². The van der Waals surface area contributed by atoms with Crippen LogP contribution in [0.4, 0.5) is 4.79 Å². The number of aliphatic carboxylic acids is 1. The molecule has 1 aliphatic rings. The van der Waals surface area contributed by atoms with Gasteiger partial charge in [-0.15, -0.1) is 0 Å². The van der Waals surface area contributed by atoms with Gasteiger partial charge in [-0.05, 0) is 25.2 Å². The molecule has 0 aromatic carbocycles. The van der Waals surface area contributed by atoms with Gasteiger partial charge in [0.15, 0.2) is 0 Å². The van der Waals surface area contributed by atoms with E-state index in [0.717, 1.165) is 38.7 Å². The molecule has 122 valence electrons. The van der Waals surface area contributed by atoms with Crippen LogP contribution < -0.4 is 10.6 Å². The van der Waals surface area contributed by atoms with Gasteiger partial charge in [-0.3, -0.25) is 4.79 Å². The largest absolute Gasteiger partial charge is 0.481 e. The Labute approximate surface area is 126 Å². The Morgan fingerprint density at radius 1 is 1.29 bits per heavy atom. The van der Waals surface area contributed by atoms with Crippen LogP contribution in [0.3, 0.4) is 0 Å². The second kappa shape index (κ2) is 8.87. The first kappa shape index (κ1) is 17.8. The van der Waals surface area contributed by atoms with E-state index in [-0.39, 0.29) is 12.5 Å². The fraction of sp³-hybridized carbons (Fsp3) is 0.867. The van der Waals surface area contributed by atoms with E-state index in [0.29, 0.717) is 19.1 Å². The molecule has 6 nitrogen and oxygen atoms in total. The zero-order valence-electron chi connectivity index (χ0n) is 13.1. The van der Waals surface area contributed by atoms with Gasteiger partial charge in [0.2, 0.25) is 0 Å². The third-order valence-electron chi connectivity index (χ3n) is 3.63. The van der Waals surface area contributed by atoms with Crippen LogP contribution in [-0.4, -0.2) is 42.4 Å². The van der Waals surface area contributed by atoms with E-state index in [1.54, 1.807) is 0 Å². The van der Waals surface area contributed by atoms with Crippen molar-refractivity contribution in [2.75, 3.05) is 19.8 Å². The average Bonchev–Trinajstić information content (AvgIpc) is 2.80. The highest BCUT2D eigenvalue weighted by Crippen LogP contribution is 2.32. The number of hydrogen-bond acceptors (Lipinski definition) is 3. The smallest absolute Gasteiger partial charge is 0.315 e. The number of nitrogens with one attached hydrogen (secondary N) is 2. The maximum atomic E-state index is 11.9. The first-order valence-corrected chi connectivity index (χ1v) is 7.79. The van der Waals surface area contributed by atoms with Crippen LogP contribution in [0.1, 0.15) is 52.4 Å². The lowest BCUT2D eigenvalue weighted by Crippen LogP contribution is -2.51. The zero-order valence-corrected chi connectivity index (χ0v) is 13.1. The van der Waals surface area contributed by atoms with Crippen LogP contribution in [-0.2, 0) is 9.53 Å². The molecule has 0 aromatic rings. The lowest BCUT2D eigenvalue weighted by atomic mass is 9.93. The van der Waals surface area contributed by atoms with E-state index >= 15 is 0 Å². The lowest BCUT2D eigenvalue weighted by Gasteiger charge is -2.28. The van der Waals surface area contributed by atoms with Crippen molar-refractivity contribution in [1.29, 1.82) is 0 Å². The monoisotopic (exact) mass is 300 g/mol. The van der Waals surface area contributed by atoms with Gasteiger partial charge in [0.1, 0.15) is 0 Å². The minimum absolute atomic E-state index is 0.00206. The molecule has 1 saturated carbocycles. The van der Waals surface area contributed by atoms with Crippen molar-refractivity contribution in [2.45, 2.75) is 57.9 Å². The molecule has 0 atom stereocenters. The minimum Gasteiger partial charge on any atom is -0.481 e. The molecule has 2 amide bonds. The van der Waals surface area contributed by atoms with Crippen molar-refractivity contribution >= 4 is 12.0 Å². The summed E-state index contributed by atoms with van der Waals surface area (Å²) in [6, 6.07) is -0.276. The van der Waals surface area contributed by atoms with E-state index < -0.39 is 11.5 Å². The number of hydrogen-bond donors (Lipinski definition) is 3. The van der Waals surface area contributed by atoms with Crippen LogP contribution >= 0.6 is 0 Å². The van der Waals surface area contributed by atoms with E-state index in [1.807, 2.05) is 0 Å². The highest BCUT2D eigenvalue weighted by Gasteiger charge is 2.37. The van der Waals surface area contributed by atoms with Gasteiger partial charge in [-0.25, -0.2) is 4.79 Å². The van der Waals surface area contributed by atoms with Crippen molar-refractivity contribution < 1.29 is 19.4 Å². The number of ether oxygens (including phenoxy) is 1. The number of amides is 2. The Balaban J connectivity index is 2.21. The zero-order chi connectivity index (χ0) is 15.7. The molecule has 21 heavy (non-hydrogen) atoms. The number of carboxylic acids is 1. The average molecular weight is 300 g/mol. The van der Waals surface area contributed by atoms with Crippen LogP contribution in [0.2, 0.25) is 0 Å². The fourth-order valence-corrected chi connectivity index (χ4v) is 2.67. The van der Waals surface area contributed by atoms with Crippen molar-refractivity contribution in [1.82, 2.24) is 10.6 Å². The van der Waals surface area contributed by atoms with E-state index in [9.17, 15) is 9.59 Å². The second-order valence-electron chi connectivity index (χ2n) is 6.26. The molecule has 1 aliphatic carbocycles. The molecule has 6 heteroatoms. The third kappa shape index (κ3) is 7.32. The maximum absolute atomic E-state index is 11.9. The summed E-state index contributed by atoms with van der Waals surface area (Å²) >= 11 is 0. The standard InChI is InChI=1S/C15H28N2O4/c1-12(2)11-21-9-5-8-16-14(20)17-15(10-13(18)19)6-3-4-7-15/h12H,3-11H2,1-2H3,(H,18,19)(H2,16,17,20). The normalized spacial score (nSPS) is 16.9. The van der Waals surface area contributed by atoms with Gasteiger partial charge >= 0.3 is 12.0 Å². The quantitative estimate of drug-likeness (QED) is 0.569. The summed E-state index contributed by atoms with van der Waals surface area (Å²) in [6.45, 7) is 6.07. The van der Waals surface area contributed by atoms with Crippen molar-refractivity contribution in [3.05, 3.63) is 0 Å². The number of carbonyl (C=O) groups is 2. The Kier molecular flexibility index (Phi) is 7.50. The third-order valence-corrected chi connectivity index (χ3v) is 3.63. The van der Waals surface area contributed by atoms with Crippen LogP contribution in [0, 0.1) is 5.92 Å². The van der Waals surface area contributed by atoms with Gasteiger partial charge in [0.05, 0.1) is 12.0 Å². The summed E-state index contributed by atoms with van der Waals surface area (Å²) in [5.41, 5.74) is -0.565. The second-order valence-corrected chi connectivity index (χ2v) is 6.26. The molecule has 3 N–H and O–H groups in total. The molecule has 1 fully saturated rings. The van der Waals surface area contributed by atoms with E-state index in [1.165, 1.54) is 0 Å². The summed E-state index contributed by atoms with van der Waals surface area (Å²) in [5.74, 6) is -0.348. The Morgan fingerprint density at radius 2 is 1.95 bits per heavy atom. The summed E-state index contributed by atoms with van der Waals surface area (Å²) in [5, 5.41) is 14.6. The number of rotatable bonds is 9. The Bertz CT molecular complexity index is 339. The first-order chi connectivity index (χ1) is 9.93. The predicted molar refractivity (Wildman–Crippen MR) is 80.3 cm³/mol. The van der Waals surface area contributed by atoms with Crippen molar-refractivity contribution in [3.63, 3.8) is 0 Å². The molecule has 0 aliphatic heterocycles. The number of urea groups is 1. The first-order valence-electron chi connectivity index (χ1n) is 7.79. The maximum Gasteiger partial charge on any atom is 0.315 e.